The van der Waals surface area contributed by atoms with Gasteiger partial charge in [-0.15, -0.1) is 0 Å². The minimum atomic E-state index is -4.62. The van der Waals surface area contributed by atoms with Gasteiger partial charge in [0.1, 0.15) is 5.75 Å². The summed E-state index contributed by atoms with van der Waals surface area (Å²) < 4.78 is 40.9. The van der Waals surface area contributed by atoms with E-state index in [2.05, 4.69) is 4.99 Å². The molecule has 0 bridgehead atoms. The minimum absolute atomic E-state index is 0.0941. The van der Waals surface area contributed by atoms with E-state index >= 15 is 0 Å². The Morgan fingerprint density at radius 1 is 1.40 bits per heavy atom. The van der Waals surface area contributed by atoms with Crippen LogP contribution in [0, 0.1) is 0 Å². The molecule has 0 aromatic heterocycles. The molecule has 0 atom stereocenters. The Kier molecular flexibility index (Phi) is 3.57. The van der Waals surface area contributed by atoms with Gasteiger partial charge in [-0.25, -0.2) is 4.99 Å². The summed E-state index contributed by atoms with van der Waals surface area (Å²) in [6.07, 6.45) is -4.62. The third-order valence-corrected chi connectivity index (χ3v) is 1.81. The molecule has 0 amide bonds. The van der Waals surface area contributed by atoms with Gasteiger partial charge in [-0.2, -0.15) is 13.2 Å². The summed E-state index contributed by atoms with van der Waals surface area (Å²) in [4.78, 5) is 3.22. The Morgan fingerprint density at radius 3 is 2.60 bits per heavy atom. The van der Waals surface area contributed by atoms with Gasteiger partial charge in [0.15, 0.2) is 0 Å². The van der Waals surface area contributed by atoms with Crippen LogP contribution in [0.3, 0.4) is 0 Å². The molecule has 2 nitrogen and oxygen atoms in total. The van der Waals surface area contributed by atoms with E-state index in [0.717, 1.165) is 0 Å². The average molecular weight is 238 g/mol. The van der Waals surface area contributed by atoms with Crippen molar-refractivity contribution < 1.29 is 17.9 Å². The topological polar surface area (TPSA) is 21.6 Å². The first-order valence-electron chi connectivity index (χ1n) is 3.89. The molecule has 6 heteroatoms. The molecule has 1 rings (SSSR count). The van der Waals surface area contributed by atoms with Crippen LogP contribution in [-0.2, 0) is 0 Å². The van der Waals surface area contributed by atoms with E-state index in [9.17, 15) is 13.2 Å². The largest absolute Gasteiger partial charge is 0.497 e. The van der Waals surface area contributed by atoms with Crippen molar-refractivity contribution >= 4 is 22.5 Å². The molecule has 0 unspecified atom stereocenters. The molecule has 0 aliphatic carbocycles. The second-order valence-electron chi connectivity index (χ2n) is 2.60. The van der Waals surface area contributed by atoms with Crippen molar-refractivity contribution in [3.63, 3.8) is 0 Å². The second kappa shape index (κ2) is 4.53. The maximum Gasteiger partial charge on any atom is 0.444 e. The Morgan fingerprint density at radius 2 is 2.07 bits per heavy atom. The fraction of sp³-hybridized carbons (Fsp3) is 0.222. The zero-order valence-corrected chi connectivity index (χ0v) is 8.43. The predicted molar refractivity (Wildman–Crippen MR) is 52.0 cm³/mol. The van der Waals surface area contributed by atoms with Gasteiger partial charge in [0, 0.05) is 6.07 Å². The number of halogens is 4. The van der Waals surface area contributed by atoms with Crippen molar-refractivity contribution in [3.8, 4) is 5.75 Å². The van der Waals surface area contributed by atoms with E-state index < -0.39 is 11.3 Å². The van der Waals surface area contributed by atoms with Crippen molar-refractivity contribution in [2.45, 2.75) is 6.18 Å². The van der Waals surface area contributed by atoms with Crippen molar-refractivity contribution in [3.05, 3.63) is 24.3 Å². The number of nitrogens with zero attached hydrogens (tertiary/aromatic N) is 1. The zero-order chi connectivity index (χ0) is 11.5. The summed E-state index contributed by atoms with van der Waals surface area (Å²) in [5, 5.41) is -1.41. The molecule has 0 aliphatic rings. The summed E-state index contributed by atoms with van der Waals surface area (Å²) in [5.74, 6) is 0.419. The molecule has 0 aliphatic heterocycles. The number of benzene rings is 1. The summed E-state index contributed by atoms with van der Waals surface area (Å²) >= 11 is 4.97. The highest BCUT2D eigenvalue weighted by atomic mass is 35.5. The van der Waals surface area contributed by atoms with Crippen LogP contribution in [0.25, 0.3) is 0 Å². The number of methoxy groups -OCH3 is 1. The van der Waals surface area contributed by atoms with Crippen LogP contribution in [0.15, 0.2) is 29.3 Å². The van der Waals surface area contributed by atoms with Crippen molar-refractivity contribution in [1.29, 1.82) is 0 Å². The first kappa shape index (κ1) is 11.8. The van der Waals surface area contributed by atoms with Crippen LogP contribution in [0.4, 0.5) is 18.9 Å². The number of alkyl halides is 3. The molecule has 1 aromatic rings. The normalized spacial score (nSPS) is 12.7. The van der Waals surface area contributed by atoms with Gasteiger partial charge >= 0.3 is 6.18 Å². The van der Waals surface area contributed by atoms with Crippen LogP contribution >= 0.6 is 11.6 Å². The standard InChI is InChI=1S/C9H7ClF3NO/c1-15-7-4-2-3-6(5-7)14-8(10)9(11,12)13/h2-5H,1H3/b14-8+. The van der Waals surface area contributed by atoms with Crippen LogP contribution < -0.4 is 4.74 Å². The Balaban J connectivity index is 2.98. The highest BCUT2D eigenvalue weighted by Crippen LogP contribution is 2.25. The molecule has 0 N–H and O–H groups in total. The van der Waals surface area contributed by atoms with Gasteiger partial charge in [-0.3, -0.25) is 0 Å². The third kappa shape index (κ3) is 3.43. The molecule has 82 valence electrons. The van der Waals surface area contributed by atoms with E-state index in [-0.39, 0.29) is 5.69 Å². The lowest BCUT2D eigenvalue weighted by atomic mass is 10.3. The quantitative estimate of drug-likeness (QED) is 0.721. The Hall–Kier alpha value is -1.23. The second-order valence-corrected chi connectivity index (χ2v) is 2.96. The molecular weight excluding hydrogens is 231 g/mol. The number of ether oxygens (including phenoxy) is 1. The van der Waals surface area contributed by atoms with Gasteiger partial charge in [0.25, 0.3) is 0 Å². The molecule has 1 aromatic carbocycles. The first-order valence-corrected chi connectivity index (χ1v) is 4.26. The lowest BCUT2D eigenvalue weighted by Crippen LogP contribution is -2.16. The maximum absolute atomic E-state index is 12.0. The van der Waals surface area contributed by atoms with Crippen LogP contribution in [0.1, 0.15) is 0 Å². The van der Waals surface area contributed by atoms with E-state index in [1.165, 1.54) is 25.3 Å². The molecular formula is C9H7ClF3NO. The molecule has 15 heavy (non-hydrogen) atoms. The number of aliphatic imine (C=N–C) groups is 1. The summed E-state index contributed by atoms with van der Waals surface area (Å²) in [7, 11) is 1.41. The van der Waals surface area contributed by atoms with Gasteiger partial charge in [-0.1, -0.05) is 17.7 Å². The Labute approximate surface area is 89.3 Å². The highest BCUT2D eigenvalue weighted by molar-refractivity contribution is 6.67. The Bertz CT molecular complexity index is 376. The molecule has 0 fully saturated rings. The predicted octanol–water partition coefficient (Wildman–Crippen LogP) is 3.53. The zero-order valence-electron chi connectivity index (χ0n) is 7.68. The number of hydrogen-bond acceptors (Lipinski definition) is 2. The van der Waals surface area contributed by atoms with Crippen LogP contribution in [0.5, 0.6) is 5.75 Å². The summed E-state index contributed by atoms with van der Waals surface area (Å²) in [5.41, 5.74) is 0.0941. The number of rotatable bonds is 2. The maximum atomic E-state index is 12.0. The van der Waals surface area contributed by atoms with Crippen LogP contribution in [-0.4, -0.2) is 18.5 Å². The fourth-order valence-corrected chi connectivity index (χ4v) is 0.954. The van der Waals surface area contributed by atoms with Crippen molar-refractivity contribution in [2.24, 2.45) is 4.99 Å². The van der Waals surface area contributed by atoms with E-state index in [4.69, 9.17) is 16.3 Å². The van der Waals surface area contributed by atoms with Gasteiger partial charge in [0.2, 0.25) is 5.17 Å². The van der Waals surface area contributed by atoms with E-state index in [0.29, 0.717) is 5.75 Å². The van der Waals surface area contributed by atoms with E-state index in [1.54, 1.807) is 6.07 Å². The van der Waals surface area contributed by atoms with Gasteiger partial charge in [-0.05, 0) is 12.1 Å². The van der Waals surface area contributed by atoms with E-state index in [1.807, 2.05) is 0 Å². The molecule has 0 saturated heterocycles. The molecule has 0 saturated carbocycles. The summed E-state index contributed by atoms with van der Waals surface area (Å²) in [6.45, 7) is 0. The SMILES string of the molecule is COc1cccc(/N=C(/Cl)C(F)(F)F)c1. The van der Waals surface area contributed by atoms with Gasteiger partial charge in [0.05, 0.1) is 12.8 Å². The lowest BCUT2D eigenvalue weighted by molar-refractivity contribution is -0.0558. The first-order chi connectivity index (χ1) is 6.93. The molecule has 0 spiro atoms. The average Bonchev–Trinajstić information content (AvgIpc) is 2.16. The third-order valence-electron chi connectivity index (χ3n) is 1.51. The van der Waals surface area contributed by atoms with Crippen molar-refractivity contribution in [2.75, 3.05) is 7.11 Å². The molecule has 0 heterocycles. The highest BCUT2D eigenvalue weighted by Gasteiger charge is 2.34. The number of hydrogen-bond donors (Lipinski definition) is 0. The summed E-state index contributed by atoms with van der Waals surface area (Å²) in [6, 6.07) is 5.88. The fourth-order valence-electron chi connectivity index (χ4n) is 0.857. The van der Waals surface area contributed by atoms with Crippen LogP contribution in [0.2, 0.25) is 0 Å². The molecule has 0 radical (unpaired) electrons. The van der Waals surface area contributed by atoms with Gasteiger partial charge < -0.3 is 4.74 Å². The smallest absolute Gasteiger partial charge is 0.444 e. The minimum Gasteiger partial charge on any atom is -0.497 e. The monoisotopic (exact) mass is 237 g/mol. The van der Waals surface area contributed by atoms with Crippen molar-refractivity contribution in [1.82, 2.24) is 0 Å². The lowest BCUT2D eigenvalue weighted by Gasteiger charge is -2.04.